The number of benzene rings is 1. The third kappa shape index (κ3) is 8.20. The van der Waals surface area contributed by atoms with Crippen LogP contribution in [0.25, 0.3) is 0 Å². The van der Waals surface area contributed by atoms with Gasteiger partial charge in [-0.25, -0.2) is 0 Å². The Morgan fingerprint density at radius 2 is 1.35 bits per heavy atom. The molecule has 0 heterocycles. The van der Waals surface area contributed by atoms with Crippen LogP contribution >= 0.6 is 0 Å². The number of rotatable bonds is 10. The first-order valence-electron chi connectivity index (χ1n) is 7.47. The summed E-state index contributed by atoms with van der Waals surface area (Å²) < 4.78 is 0. The highest BCUT2D eigenvalue weighted by Crippen LogP contribution is 2.09. The van der Waals surface area contributed by atoms with Crippen LogP contribution in [0.1, 0.15) is 58.3 Å². The average molecular weight is 248 g/mol. The molecule has 0 aromatic heterocycles. The highest BCUT2D eigenvalue weighted by atomic mass is 28.2. The lowest BCUT2D eigenvalue weighted by molar-refractivity contribution is 0.585. The molecule has 1 aromatic carbocycles. The maximum Gasteiger partial charge on any atom is 0.0547 e. The Morgan fingerprint density at radius 3 is 2.00 bits per heavy atom. The van der Waals surface area contributed by atoms with Crippen LogP contribution in [0, 0.1) is 0 Å². The molecule has 0 saturated carbocycles. The van der Waals surface area contributed by atoms with Crippen molar-refractivity contribution < 1.29 is 0 Å². The summed E-state index contributed by atoms with van der Waals surface area (Å²) in [5.41, 5.74) is 0. The predicted molar refractivity (Wildman–Crippen MR) is 82.0 cm³/mol. The molecule has 0 amide bonds. The first-order chi connectivity index (χ1) is 8.43. The maximum absolute atomic E-state index is 2.30. The second kappa shape index (κ2) is 10.6. The zero-order valence-corrected chi connectivity index (χ0v) is 12.9. The van der Waals surface area contributed by atoms with Crippen LogP contribution in [-0.2, 0) is 0 Å². The topological polar surface area (TPSA) is 0 Å². The van der Waals surface area contributed by atoms with E-state index in [0.717, 1.165) is 0 Å². The van der Waals surface area contributed by atoms with Crippen LogP contribution in [0.15, 0.2) is 30.3 Å². The van der Waals surface area contributed by atoms with Crippen molar-refractivity contribution in [2.45, 2.75) is 64.3 Å². The van der Waals surface area contributed by atoms with Crippen molar-refractivity contribution in [3.05, 3.63) is 30.3 Å². The zero-order valence-electron chi connectivity index (χ0n) is 11.5. The minimum Gasteiger partial charge on any atom is -0.0669 e. The number of hydrogen-bond donors (Lipinski definition) is 0. The molecule has 1 rings (SSSR count). The summed E-state index contributed by atoms with van der Waals surface area (Å²) >= 11 is 0. The highest BCUT2D eigenvalue weighted by molar-refractivity contribution is 6.53. The Labute approximate surface area is 110 Å². The fourth-order valence-electron chi connectivity index (χ4n) is 2.28. The van der Waals surface area contributed by atoms with Gasteiger partial charge in [-0.3, -0.25) is 0 Å². The van der Waals surface area contributed by atoms with Crippen molar-refractivity contribution >= 4 is 14.7 Å². The van der Waals surface area contributed by atoms with E-state index in [1.165, 1.54) is 57.4 Å². The maximum atomic E-state index is 2.30. The largest absolute Gasteiger partial charge is 0.0669 e. The monoisotopic (exact) mass is 248 g/mol. The summed E-state index contributed by atoms with van der Waals surface area (Å²) in [5, 5.41) is 1.63. The van der Waals surface area contributed by atoms with Gasteiger partial charge in [-0.15, -0.1) is 0 Å². The standard InChI is InChI=1S/C16H28Si/c1-2-3-4-5-6-7-8-12-15-17-16-13-10-9-11-14-16/h9-11,13-14H,2-8,12,15,17H2,1H3. The first-order valence-corrected chi connectivity index (χ1v) is 9.18. The summed E-state index contributed by atoms with van der Waals surface area (Å²) in [5.74, 6) is 0. The van der Waals surface area contributed by atoms with E-state index in [-0.39, 0.29) is 9.52 Å². The fraction of sp³-hybridized carbons (Fsp3) is 0.625. The molecule has 0 saturated heterocycles. The molecule has 0 N–H and O–H groups in total. The van der Waals surface area contributed by atoms with E-state index in [4.69, 9.17) is 0 Å². The van der Waals surface area contributed by atoms with Gasteiger partial charge in [-0.1, -0.05) is 99.9 Å². The van der Waals surface area contributed by atoms with Crippen LogP contribution in [0.2, 0.25) is 6.04 Å². The Morgan fingerprint density at radius 1 is 0.765 bits per heavy atom. The van der Waals surface area contributed by atoms with Gasteiger partial charge in [0.05, 0.1) is 9.52 Å². The molecular weight excluding hydrogens is 220 g/mol. The molecule has 0 bridgehead atoms. The van der Waals surface area contributed by atoms with Gasteiger partial charge in [-0.05, 0) is 0 Å². The van der Waals surface area contributed by atoms with Gasteiger partial charge in [0.25, 0.3) is 0 Å². The summed E-state index contributed by atoms with van der Waals surface area (Å²) in [6.07, 6.45) is 11.6. The molecule has 0 atom stereocenters. The lowest BCUT2D eigenvalue weighted by atomic mass is 10.1. The SMILES string of the molecule is CCCCCCCCCC[SiH2]c1ccccc1. The molecule has 0 fully saturated rings. The molecule has 0 radical (unpaired) electrons. The molecule has 0 aliphatic heterocycles. The van der Waals surface area contributed by atoms with Gasteiger partial charge in [0, 0.05) is 0 Å². The molecule has 0 spiro atoms. The van der Waals surface area contributed by atoms with E-state index in [1.807, 2.05) is 0 Å². The predicted octanol–water partition coefficient (Wildman–Crippen LogP) is 4.04. The van der Waals surface area contributed by atoms with Crippen LogP contribution in [0.3, 0.4) is 0 Å². The van der Waals surface area contributed by atoms with Crippen LogP contribution in [0.4, 0.5) is 0 Å². The van der Waals surface area contributed by atoms with Crippen LogP contribution in [-0.4, -0.2) is 9.52 Å². The highest BCUT2D eigenvalue weighted by Gasteiger charge is 1.94. The minimum absolute atomic E-state index is 0.0410. The molecule has 1 aromatic rings. The van der Waals surface area contributed by atoms with Crippen molar-refractivity contribution in [1.82, 2.24) is 0 Å². The molecule has 0 nitrogen and oxygen atoms in total. The van der Waals surface area contributed by atoms with Gasteiger partial charge >= 0.3 is 0 Å². The van der Waals surface area contributed by atoms with E-state index in [0.29, 0.717) is 0 Å². The van der Waals surface area contributed by atoms with Crippen LogP contribution in [0.5, 0.6) is 0 Å². The second-order valence-corrected chi connectivity index (χ2v) is 7.09. The van der Waals surface area contributed by atoms with E-state index in [2.05, 4.69) is 37.3 Å². The van der Waals surface area contributed by atoms with Crippen molar-refractivity contribution in [3.8, 4) is 0 Å². The Bertz CT molecular complexity index is 255. The average Bonchev–Trinajstić information content (AvgIpc) is 2.38. The molecule has 1 heteroatoms. The van der Waals surface area contributed by atoms with Crippen molar-refractivity contribution in [2.24, 2.45) is 0 Å². The molecule has 96 valence electrons. The molecular formula is C16H28Si. The van der Waals surface area contributed by atoms with E-state index >= 15 is 0 Å². The zero-order chi connectivity index (χ0) is 12.2. The van der Waals surface area contributed by atoms with E-state index in [9.17, 15) is 0 Å². The second-order valence-electron chi connectivity index (χ2n) is 5.06. The Hall–Kier alpha value is -0.563. The van der Waals surface area contributed by atoms with Crippen molar-refractivity contribution in [2.75, 3.05) is 0 Å². The van der Waals surface area contributed by atoms with Gasteiger partial charge in [0.1, 0.15) is 0 Å². The molecule has 17 heavy (non-hydrogen) atoms. The lowest BCUT2D eigenvalue weighted by Crippen LogP contribution is -2.12. The quantitative estimate of drug-likeness (QED) is 0.433. The van der Waals surface area contributed by atoms with Gasteiger partial charge in [0.15, 0.2) is 0 Å². The summed E-state index contributed by atoms with van der Waals surface area (Å²) in [6, 6.07) is 12.6. The molecule has 0 aliphatic rings. The Kier molecular flexibility index (Phi) is 9.02. The van der Waals surface area contributed by atoms with Gasteiger partial charge in [0.2, 0.25) is 0 Å². The smallest absolute Gasteiger partial charge is 0.0547 e. The summed E-state index contributed by atoms with van der Waals surface area (Å²) in [7, 11) is 0.0410. The third-order valence-corrected chi connectivity index (χ3v) is 5.31. The summed E-state index contributed by atoms with van der Waals surface area (Å²) in [6.45, 7) is 2.29. The molecule has 0 unspecified atom stereocenters. The fourth-order valence-corrected chi connectivity index (χ4v) is 3.90. The van der Waals surface area contributed by atoms with E-state index < -0.39 is 0 Å². The number of hydrogen-bond acceptors (Lipinski definition) is 0. The first kappa shape index (κ1) is 14.5. The summed E-state index contributed by atoms with van der Waals surface area (Å²) in [4.78, 5) is 0. The van der Waals surface area contributed by atoms with Crippen molar-refractivity contribution in [3.63, 3.8) is 0 Å². The molecule has 0 aliphatic carbocycles. The minimum atomic E-state index is 0.0410. The lowest BCUT2D eigenvalue weighted by Gasteiger charge is -2.02. The normalized spacial score (nSPS) is 11.4. The van der Waals surface area contributed by atoms with Gasteiger partial charge < -0.3 is 0 Å². The third-order valence-electron chi connectivity index (χ3n) is 3.41. The Balaban J connectivity index is 1.85. The number of unbranched alkanes of at least 4 members (excludes halogenated alkanes) is 7. The van der Waals surface area contributed by atoms with Crippen LogP contribution < -0.4 is 5.19 Å². The van der Waals surface area contributed by atoms with E-state index in [1.54, 1.807) is 5.19 Å². The van der Waals surface area contributed by atoms with Gasteiger partial charge in [-0.2, -0.15) is 0 Å². The van der Waals surface area contributed by atoms with Crippen molar-refractivity contribution in [1.29, 1.82) is 0 Å².